The molecule has 148 valence electrons. The van der Waals surface area contributed by atoms with Gasteiger partial charge in [-0.05, 0) is 36.2 Å². The van der Waals surface area contributed by atoms with Crippen LogP contribution >= 0.6 is 0 Å². The molecule has 0 bridgehead atoms. The van der Waals surface area contributed by atoms with Gasteiger partial charge in [-0.2, -0.15) is 0 Å². The Balaban J connectivity index is 1.54. The minimum absolute atomic E-state index is 0.232. The second kappa shape index (κ2) is 9.96. The maximum Gasteiger partial charge on any atom is 0.269 e. The van der Waals surface area contributed by atoms with Crippen LogP contribution in [0.1, 0.15) is 33.3 Å². The molecule has 28 heavy (non-hydrogen) atoms. The van der Waals surface area contributed by atoms with E-state index in [4.69, 9.17) is 4.74 Å². The van der Waals surface area contributed by atoms with Gasteiger partial charge in [0.25, 0.3) is 11.8 Å². The van der Waals surface area contributed by atoms with Crippen molar-refractivity contribution in [3.63, 3.8) is 0 Å². The Hall–Kier alpha value is -2.77. The summed E-state index contributed by atoms with van der Waals surface area (Å²) >= 11 is 0. The molecule has 0 atom stereocenters. The zero-order chi connectivity index (χ0) is 19.8. The van der Waals surface area contributed by atoms with E-state index in [1.807, 2.05) is 24.3 Å². The van der Waals surface area contributed by atoms with Crippen LogP contribution in [-0.2, 0) is 11.2 Å². The SMILES string of the molecule is CCc1ccc(NC(=O)c2ccnc(C(=O)NCCN3CCOCC3)c2)cc1. The average molecular weight is 382 g/mol. The lowest BCUT2D eigenvalue weighted by Crippen LogP contribution is -2.41. The molecular formula is C21H26N4O3. The molecule has 7 heteroatoms. The van der Waals surface area contributed by atoms with Gasteiger partial charge in [0.15, 0.2) is 0 Å². The number of benzene rings is 1. The molecule has 0 saturated carbocycles. The molecule has 2 amide bonds. The normalized spacial score (nSPS) is 14.5. The fraction of sp³-hybridized carbons (Fsp3) is 0.381. The number of carbonyl (C=O) groups excluding carboxylic acids is 2. The first-order valence-electron chi connectivity index (χ1n) is 9.60. The lowest BCUT2D eigenvalue weighted by atomic mass is 10.1. The number of aryl methyl sites for hydroxylation is 1. The van der Waals surface area contributed by atoms with Gasteiger partial charge in [0, 0.05) is 43.6 Å². The van der Waals surface area contributed by atoms with Gasteiger partial charge in [-0.3, -0.25) is 19.5 Å². The van der Waals surface area contributed by atoms with E-state index in [0.717, 1.165) is 45.0 Å². The highest BCUT2D eigenvalue weighted by Crippen LogP contribution is 2.12. The maximum absolute atomic E-state index is 12.5. The number of nitrogens with one attached hydrogen (secondary N) is 2. The Labute approximate surface area is 165 Å². The molecule has 7 nitrogen and oxygen atoms in total. The lowest BCUT2D eigenvalue weighted by Gasteiger charge is -2.26. The Morgan fingerprint density at radius 3 is 2.57 bits per heavy atom. The first-order valence-corrected chi connectivity index (χ1v) is 9.60. The van der Waals surface area contributed by atoms with Gasteiger partial charge in [-0.1, -0.05) is 19.1 Å². The molecule has 3 rings (SSSR count). The van der Waals surface area contributed by atoms with E-state index in [0.29, 0.717) is 12.1 Å². The minimum atomic E-state index is -0.282. The van der Waals surface area contributed by atoms with Gasteiger partial charge < -0.3 is 15.4 Å². The summed E-state index contributed by atoms with van der Waals surface area (Å²) in [5.74, 6) is -0.552. The topological polar surface area (TPSA) is 83.6 Å². The number of nitrogens with zero attached hydrogens (tertiary/aromatic N) is 2. The minimum Gasteiger partial charge on any atom is -0.379 e. The van der Waals surface area contributed by atoms with Gasteiger partial charge >= 0.3 is 0 Å². The van der Waals surface area contributed by atoms with Crippen LogP contribution in [0.3, 0.4) is 0 Å². The predicted octanol–water partition coefficient (Wildman–Crippen LogP) is 1.96. The summed E-state index contributed by atoms with van der Waals surface area (Å²) in [6, 6.07) is 10.8. The standard InChI is InChI=1S/C21H26N4O3/c1-2-16-3-5-18(6-4-16)24-20(26)17-7-8-22-19(15-17)21(27)23-9-10-25-11-13-28-14-12-25/h3-8,15H,2,9-14H2,1H3,(H,23,27)(H,24,26). The second-order valence-corrected chi connectivity index (χ2v) is 6.64. The van der Waals surface area contributed by atoms with Crippen LogP contribution in [0.15, 0.2) is 42.6 Å². The molecule has 0 unspecified atom stereocenters. The molecule has 0 radical (unpaired) electrons. The van der Waals surface area contributed by atoms with Gasteiger partial charge in [-0.15, -0.1) is 0 Å². The van der Waals surface area contributed by atoms with Gasteiger partial charge in [-0.25, -0.2) is 0 Å². The second-order valence-electron chi connectivity index (χ2n) is 6.64. The summed E-state index contributed by atoms with van der Waals surface area (Å²) in [5.41, 5.74) is 2.55. The molecule has 1 aliphatic heterocycles. The van der Waals surface area contributed by atoms with E-state index in [1.54, 1.807) is 6.07 Å². The smallest absolute Gasteiger partial charge is 0.269 e. The van der Waals surface area contributed by atoms with Crippen molar-refractivity contribution in [1.29, 1.82) is 0 Å². The van der Waals surface area contributed by atoms with Crippen molar-refractivity contribution in [2.75, 3.05) is 44.7 Å². The van der Waals surface area contributed by atoms with E-state index in [2.05, 4.69) is 27.4 Å². The third-order valence-corrected chi connectivity index (χ3v) is 4.69. The average Bonchev–Trinajstić information content (AvgIpc) is 2.75. The van der Waals surface area contributed by atoms with Crippen LogP contribution in [0.25, 0.3) is 0 Å². The summed E-state index contributed by atoms with van der Waals surface area (Å²) in [6.07, 6.45) is 2.43. The number of aromatic nitrogens is 1. The number of carbonyl (C=O) groups is 2. The van der Waals surface area contributed by atoms with E-state index in [9.17, 15) is 9.59 Å². The predicted molar refractivity (Wildman–Crippen MR) is 108 cm³/mol. The lowest BCUT2D eigenvalue weighted by molar-refractivity contribution is 0.0383. The Bertz CT molecular complexity index is 802. The molecule has 1 aromatic carbocycles. The summed E-state index contributed by atoms with van der Waals surface area (Å²) in [5, 5.41) is 5.70. The van der Waals surface area contributed by atoms with Crippen molar-refractivity contribution in [1.82, 2.24) is 15.2 Å². The summed E-state index contributed by atoms with van der Waals surface area (Å²) in [6.45, 7) is 6.59. The van der Waals surface area contributed by atoms with Crippen molar-refractivity contribution in [3.05, 3.63) is 59.4 Å². The van der Waals surface area contributed by atoms with E-state index >= 15 is 0 Å². The maximum atomic E-state index is 12.5. The van der Waals surface area contributed by atoms with Gasteiger partial charge in [0.1, 0.15) is 5.69 Å². The first kappa shape index (κ1) is 20.0. The van der Waals surface area contributed by atoms with E-state index < -0.39 is 0 Å². The van der Waals surface area contributed by atoms with Crippen LogP contribution in [0.2, 0.25) is 0 Å². The number of hydrogen-bond acceptors (Lipinski definition) is 5. The number of amides is 2. The monoisotopic (exact) mass is 382 g/mol. The Kier molecular flexibility index (Phi) is 7.11. The molecule has 1 fully saturated rings. The fourth-order valence-electron chi connectivity index (χ4n) is 2.97. The summed E-state index contributed by atoms with van der Waals surface area (Å²) < 4.78 is 5.31. The molecule has 2 N–H and O–H groups in total. The molecule has 1 aromatic heterocycles. The van der Waals surface area contributed by atoms with Gasteiger partial charge in [0.2, 0.25) is 0 Å². The molecule has 1 aliphatic rings. The van der Waals surface area contributed by atoms with Crippen molar-refractivity contribution in [2.24, 2.45) is 0 Å². The summed E-state index contributed by atoms with van der Waals surface area (Å²) in [7, 11) is 0. The molecular weight excluding hydrogens is 356 g/mol. The van der Waals surface area contributed by atoms with Crippen LogP contribution in [0, 0.1) is 0 Å². The van der Waals surface area contributed by atoms with Crippen molar-refractivity contribution >= 4 is 17.5 Å². The molecule has 1 saturated heterocycles. The van der Waals surface area contributed by atoms with Crippen molar-refractivity contribution in [3.8, 4) is 0 Å². The number of rotatable bonds is 7. The van der Waals surface area contributed by atoms with E-state index in [1.165, 1.54) is 17.8 Å². The van der Waals surface area contributed by atoms with Crippen LogP contribution in [0.5, 0.6) is 0 Å². The van der Waals surface area contributed by atoms with Gasteiger partial charge in [0.05, 0.1) is 13.2 Å². The Morgan fingerprint density at radius 1 is 1.11 bits per heavy atom. The van der Waals surface area contributed by atoms with Crippen LogP contribution < -0.4 is 10.6 Å². The number of ether oxygens (including phenoxy) is 1. The largest absolute Gasteiger partial charge is 0.379 e. The fourth-order valence-corrected chi connectivity index (χ4v) is 2.97. The zero-order valence-electron chi connectivity index (χ0n) is 16.1. The Morgan fingerprint density at radius 2 is 1.86 bits per heavy atom. The number of anilines is 1. The molecule has 0 aliphatic carbocycles. The van der Waals surface area contributed by atoms with E-state index in [-0.39, 0.29) is 17.5 Å². The quantitative estimate of drug-likeness (QED) is 0.765. The molecule has 2 heterocycles. The zero-order valence-corrected chi connectivity index (χ0v) is 16.1. The van der Waals surface area contributed by atoms with Crippen molar-refractivity contribution in [2.45, 2.75) is 13.3 Å². The summed E-state index contributed by atoms with van der Waals surface area (Å²) in [4.78, 5) is 31.1. The first-order chi connectivity index (χ1) is 13.7. The highest BCUT2D eigenvalue weighted by atomic mass is 16.5. The third-order valence-electron chi connectivity index (χ3n) is 4.69. The highest BCUT2D eigenvalue weighted by molar-refractivity contribution is 6.05. The highest BCUT2D eigenvalue weighted by Gasteiger charge is 2.14. The van der Waals surface area contributed by atoms with Crippen LogP contribution in [0.4, 0.5) is 5.69 Å². The third kappa shape index (κ3) is 5.61. The van der Waals surface area contributed by atoms with Crippen LogP contribution in [-0.4, -0.2) is 61.1 Å². The molecule has 2 aromatic rings. The number of pyridine rings is 1. The molecule has 0 spiro atoms. The number of hydrogen-bond donors (Lipinski definition) is 2. The van der Waals surface area contributed by atoms with Crippen molar-refractivity contribution < 1.29 is 14.3 Å². The number of morpholine rings is 1.